The van der Waals surface area contributed by atoms with Crippen LogP contribution in [0.1, 0.15) is 18.9 Å². The van der Waals surface area contributed by atoms with E-state index in [0.29, 0.717) is 12.0 Å². The molecule has 16 heavy (non-hydrogen) atoms. The fourth-order valence-corrected chi connectivity index (χ4v) is 3.17. The van der Waals surface area contributed by atoms with Crippen molar-refractivity contribution >= 4 is 56.9 Å². The van der Waals surface area contributed by atoms with Crippen molar-refractivity contribution < 1.29 is 8.42 Å². The van der Waals surface area contributed by atoms with Crippen LogP contribution in [0.25, 0.3) is 0 Å². The lowest BCUT2D eigenvalue weighted by molar-refractivity contribution is 0.623. The van der Waals surface area contributed by atoms with Crippen LogP contribution in [-0.4, -0.2) is 12.5 Å². The average molecular weight is 323 g/mol. The molecule has 8 heteroatoms. The first kappa shape index (κ1) is 14.2. The smallest absolute Gasteiger partial charge is 0.224 e. The molecule has 0 aromatic carbocycles. The van der Waals surface area contributed by atoms with Gasteiger partial charge in [0.2, 0.25) is 10.3 Å². The van der Waals surface area contributed by atoms with Crippen molar-refractivity contribution in [3.63, 3.8) is 0 Å². The highest BCUT2D eigenvalue weighted by molar-refractivity contribution is 7.63. The van der Waals surface area contributed by atoms with Crippen LogP contribution in [0.15, 0.2) is 0 Å². The third kappa shape index (κ3) is 2.51. The first-order chi connectivity index (χ1) is 7.41. The van der Waals surface area contributed by atoms with Crippen LogP contribution in [0.4, 0.5) is 0 Å². The van der Waals surface area contributed by atoms with Crippen LogP contribution in [0.2, 0.25) is 15.2 Å². The summed E-state index contributed by atoms with van der Waals surface area (Å²) < 4.78 is 22.4. The van der Waals surface area contributed by atoms with Gasteiger partial charge in [0.05, 0.1) is 10.0 Å². The maximum atomic E-state index is 11.0. The Kier molecular flexibility index (Phi) is 5.01. The number of nitrogens with zero attached hydrogens (tertiary/aromatic N) is 1. The highest BCUT2D eigenvalue weighted by Gasteiger charge is 2.16. The summed E-state index contributed by atoms with van der Waals surface area (Å²) in [4.78, 5) is 0. The van der Waals surface area contributed by atoms with Gasteiger partial charge in [0.25, 0.3) is 0 Å². The van der Waals surface area contributed by atoms with E-state index in [-0.39, 0.29) is 19.8 Å². The van der Waals surface area contributed by atoms with E-state index < -0.39 is 10.3 Å². The van der Waals surface area contributed by atoms with Gasteiger partial charge in [0.15, 0.2) is 4.64 Å². The Bertz CT molecular complexity index is 583. The first-order valence-electron chi connectivity index (χ1n) is 4.28. The van der Waals surface area contributed by atoms with E-state index in [1.165, 1.54) is 0 Å². The van der Waals surface area contributed by atoms with Gasteiger partial charge >= 0.3 is 0 Å². The van der Waals surface area contributed by atoms with Crippen LogP contribution in [0, 0.1) is 4.64 Å². The third-order valence-corrected chi connectivity index (χ3v) is 4.52. The zero-order chi connectivity index (χ0) is 12.5. The van der Waals surface area contributed by atoms with E-state index in [9.17, 15) is 8.42 Å². The van der Waals surface area contributed by atoms with E-state index in [0.717, 1.165) is 10.5 Å². The molecule has 0 bridgehead atoms. The minimum atomic E-state index is -2.58. The van der Waals surface area contributed by atoms with Gasteiger partial charge in [0.1, 0.15) is 5.15 Å². The highest BCUT2D eigenvalue weighted by Crippen LogP contribution is 2.33. The molecule has 1 heterocycles. The van der Waals surface area contributed by atoms with Crippen molar-refractivity contribution in [1.29, 1.82) is 0 Å². The molecule has 0 aliphatic rings. The molecule has 0 aliphatic heterocycles. The summed E-state index contributed by atoms with van der Waals surface area (Å²) in [6, 6.07) is 0. The van der Waals surface area contributed by atoms with Crippen LogP contribution >= 0.6 is 46.6 Å². The SMILES string of the molecule is CCCc1c(Cl)c(Cl)n(Cl)c(=S(=O)=O)c1Cl. The molecule has 0 atom stereocenters. The van der Waals surface area contributed by atoms with E-state index in [1.54, 1.807) is 0 Å². The Labute approximate surface area is 114 Å². The third-order valence-electron chi connectivity index (χ3n) is 1.91. The second kappa shape index (κ2) is 5.65. The Hall–Kier alpha value is 0.130. The maximum absolute atomic E-state index is 11.0. The molecular weight excluding hydrogens is 316 g/mol. The number of halogens is 4. The number of hydrogen-bond acceptors (Lipinski definition) is 2. The maximum Gasteiger partial charge on any atom is 0.241 e. The van der Waals surface area contributed by atoms with Crippen molar-refractivity contribution in [2.24, 2.45) is 0 Å². The normalized spacial score (nSPS) is 10.6. The molecule has 1 aromatic rings. The number of aromatic nitrogens is 1. The Morgan fingerprint density at radius 2 is 1.75 bits per heavy atom. The minimum absolute atomic E-state index is 0.0135. The van der Waals surface area contributed by atoms with E-state index in [2.05, 4.69) is 0 Å². The van der Waals surface area contributed by atoms with Crippen LogP contribution < -0.4 is 0 Å². The molecule has 0 saturated carbocycles. The summed E-state index contributed by atoms with van der Waals surface area (Å²) in [5.41, 5.74) is 0.493. The molecule has 1 aromatic heterocycles. The van der Waals surface area contributed by atoms with Crippen LogP contribution in [0.3, 0.4) is 0 Å². The molecule has 0 unspecified atom stereocenters. The summed E-state index contributed by atoms with van der Waals surface area (Å²) in [5, 5.41) is 0.132. The van der Waals surface area contributed by atoms with Crippen molar-refractivity contribution in [1.82, 2.24) is 4.09 Å². The minimum Gasteiger partial charge on any atom is -0.224 e. The van der Waals surface area contributed by atoms with Gasteiger partial charge in [0, 0.05) is 11.8 Å². The average Bonchev–Trinajstić information content (AvgIpc) is 2.21. The highest BCUT2D eigenvalue weighted by atomic mass is 35.5. The quantitative estimate of drug-likeness (QED) is 0.613. The Morgan fingerprint density at radius 3 is 2.19 bits per heavy atom. The fraction of sp³-hybridized carbons (Fsp3) is 0.375. The molecule has 90 valence electrons. The van der Waals surface area contributed by atoms with Crippen molar-refractivity contribution in [2.45, 2.75) is 19.8 Å². The van der Waals surface area contributed by atoms with Gasteiger partial charge in [-0.15, -0.1) is 0 Å². The molecule has 0 aliphatic carbocycles. The zero-order valence-electron chi connectivity index (χ0n) is 8.10. The van der Waals surface area contributed by atoms with Crippen molar-refractivity contribution in [2.75, 3.05) is 0 Å². The lowest BCUT2D eigenvalue weighted by atomic mass is 10.1. The van der Waals surface area contributed by atoms with Gasteiger partial charge in [-0.3, -0.25) is 0 Å². The Morgan fingerprint density at radius 1 is 1.19 bits per heavy atom. The molecule has 1 rings (SSSR count). The first-order valence-corrected chi connectivity index (χ1v) is 6.83. The predicted molar refractivity (Wildman–Crippen MR) is 66.9 cm³/mol. The molecule has 0 radical (unpaired) electrons. The van der Waals surface area contributed by atoms with Crippen LogP contribution in [0.5, 0.6) is 0 Å². The monoisotopic (exact) mass is 321 g/mol. The van der Waals surface area contributed by atoms with Gasteiger partial charge < -0.3 is 0 Å². The van der Waals surface area contributed by atoms with E-state index >= 15 is 0 Å². The molecule has 0 saturated heterocycles. The predicted octanol–water partition coefficient (Wildman–Crippen LogP) is 3.81. The Balaban J connectivity index is 3.89. The largest absolute Gasteiger partial charge is 0.241 e. The van der Waals surface area contributed by atoms with Crippen molar-refractivity contribution in [3.8, 4) is 0 Å². The number of pyridine rings is 1. The number of hydrogen-bond donors (Lipinski definition) is 0. The second-order valence-electron chi connectivity index (χ2n) is 2.97. The number of rotatable bonds is 2. The van der Waals surface area contributed by atoms with Gasteiger partial charge in [-0.2, -0.15) is 8.42 Å². The van der Waals surface area contributed by atoms with E-state index in [1.807, 2.05) is 6.92 Å². The summed E-state index contributed by atoms with van der Waals surface area (Å²) >= 11 is 23.4. The zero-order valence-corrected chi connectivity index (χ0v) is 11.9. The molecule has 3 nitrogen and oxygen atoms in total. The lowest BCUT2D eigenvalue weighted by Gasteiger charge is -2.09. The lowest BCUT2D eigenvalue weighted by Crippen LogP contribution is -1.99. The van der Waals surface area contributed by atoms with E-state index in [4.69, 9.17) is 46.6 Å². The second-order valence-corrected chi connectivity index (χ2v) is 5.28. The van der Waals surface area contributed by atoms with Crippen molar-refractivity contribution in [3.05, 3.63) is 25.4 Å². The molecule has 0 spiro atoms. The fourth-order valence-electron chi connectivity index (χ4n) is 1.22. The standard InChI is InChI=1S/C8H7Cl4NO2S/c1-2-3-4-5(9)7(11)13(12)8(6(4)10)16(14)15/h2-3H2,1H3. The van der Waals surface area contributed by atoms with Gasteiger partial charge in [-0.05, 0) is 12.0 Å². The summed E-state index contributed by atoms with van der Waals surface area (Å²) in [6.45, 7) is 1.91. The summed E-state index contributed by atoms with van der Waals surface area (Å²) in [7, 11) is -2.58. The van der Waals surface area contributed by atoms with Crippen LogP contribution in [-0.2, 0) is 16.7 Å². The topological polar surface area (TPSA) is 39.1 Å². The summed E-state index contributed by atoms with van der Waals surface area (Å²) in [6.07, 6.45) is 1.28. The molecular formula is C8H7Cl4NO2S. The van der Waals surface area contributed by atoms with Gasteiger partial charge in [-0.1, -0.05) is 48.1 Å². The molecule has 0 fully saturated rings. The summed E-state index contributed by atoms with van der Waals surface area (Å²) in [5.74, 6) is 0. The molecule has 0 N–H and O–H groups in total. The molecule has 0 amide bonds. The van der Waals surface area contributed by atoms with Gasteiger partial charge in [-0.25, -0.2) is 4.09 Å².